The SMILES string of the molecule is CNc1cc(-n2cc(Cl)c(C)n2)ncn1. The molecule has 0 saturated heterocycles. The molecule has 0 amide bonds. The van der Waals surface area contributed by atoms with Crippen LogP contribution in [0.3, 0.4) is 0 Å². The first-order chi connectivity index (χ1) is 7.20. The van der Waals surface area contributed by atoms with Crippen molar-refractivity contribution in [1.82, 2.24) is 19.7 Å². The molecule has 0 aliphatic carbocycles. The lowest BCUT2D eigenvalue weighted by Gasteiger charge is -2.02. The van der Waals surface area contributed by atoms with Crippen LogP contribution in [0.25, 0.3) is 5.82 Å². The number of aryl methyl sites for hydroxylation is 1. The van der Waals surface area contributed by atoms with E-state index in [2.05, 4.69) is 20.4 Å². The summed E-state index contributed by atoms with van der Waals surface area (Å²) in [5, 5.41) is 7.78. The van der Waals surface area contributed by atoms with Crippen LogP contribution in [-0.4, -0.2) is 26.8 Å². The third kappa shape index (κ3) is 1.92. The molecule has 0 aliphatic heterocycles. The Morgan fingerprint density at radius 3 is 2.80 bits per heavy atom. The van der Waals surface area contributed by atoms with Crippen molar-refractivity contribution in [3.05, 3.63) is 29.3 Å². The molecule has 0 atom stereocenters. The minimum absolute atomic E-state index is 0.625. The lowest BCUT2D eigenvalue weighted by molar-refractivity contribution is 0.826. The van der Waals surface area contributed by atoms with E-state index in [0.29, 0.717) is 10.8 Å². The van der Waals surface area contributed by atoms with E-state index >= 15 is 0 Å². The van der Waals surface area contributed by atoms with Crippen LogP contribution in [0, 0.1) is 6.92 Å². The van der Waals surface area contributed by atoms with Gasteiger partial charge in [0.2, 0.25) is 0 Å². The number of anilines is 1. The minimum atomic E-state index is 0.625. The fourth-order valence-corrected chi connectivity index (χ4v) is 1.30. The minimum Gasteiger partial charge on any atom is -0.373 e. The normalized spacial score (nSPS) is 10.3. The van der Waals surface area contributed by atoms with E-state index in [-0.39, 0.29) is 0 Å². The molecule has 2 rings (SSSR count). The molecule has 15 heavy (non-hydrogen) atoms. The fraction of sp³-hybridized carbons (Fsp3) is 0.222. The van der Waals surface area contributed by atoms with Gasteiger partial charge in [0, 0.05) is 13.1 Å². The highest BCUT2D eigenvalue weighted by Gasteiger charge is 2.05. The monoisotopic (exact) mass is 223 g/mol. The number of nitrogens with one attached hydrogen (secondary N) is 1. The predicted molar refractivity (Wildman–Crippen MR) is 58.4 cm³/mol. The predicted octanol–water partition coefficient (Wildman–Crippen LogP) is 1.67. The Morgan fingerprint density at radius 1 is 1.40 bits per heavy atom. The maximum absolute atomic E-state index is 5.91. The van der Waals surface area contributed by atoms with Crippen LogP contribution in [0.4, 0.5) is 5.82 Å². The summed E-state index contributed by atoms with van der Waals surface area (Å²) in [4.78, 5) is 8.12. The number of aromatic nitrogens is 4. The first-order valence-electron chi connectivity index (χ1n) is 4.42. The second kappa shape index (κ2) is 3.86. The van der Waals surface area contributed by atoms with Gasteiger partial charge in [0.05, 0.1) is 16.9 Å². The third-order valence-electron chi connectivity index (χ3n) is 1.98. The molecular formula is C9H10ClN5. The van der Waals surface area contributed by atoms with Crippen molar-refractivity contribution in [2.45, 2.75) is 6.92 Å². The van der Waals surface area contributed by atoms with Crippen LogP contribution >= 0.6 is 11.6 Å². The second-order valence-corrected chi connectivity index (χ2v) is 3.43. The number of hydrogen-bond donors (Lipinski definition) is 1. The Labute approximate surface area is 92.1 Å². The molecule has 0 bridgehead atoms. The number of nitrogens with zero attached hydrogens (tertiary/aromatic N) is 4. The Bertz CT molecular complexity index is 460. The second-order valence-electron chi connectivity index (χ2n) is 3.02. The van der Waals surface area contributed by atoms with Gasteiger partial charge in [-0.2, -0.15) is 5.10 Å². The molecule has 0 aromatic carbocycles. The van der Waals surface area contributed by atoms with Crippen LogP contribution in [0.15, 0.2) is 18.6 Å². The summed E-state index contributed by atoms with van der Waals surface area (Å²) < 4.78 is 1.63. The lowest BCUT2D eigenvalue weighted by Crippen LogP contribution is -2.01. The summed E-state index contributed by atoms with van der Waals surface area (Å²) in [5.41, 5.74) is 0.779. The van der Waals surface area contributed by atoms with E-state index in [4.69, 9.17) is 11.6 Å². The van der Waals surface area contributed by atoms with E-state index < -0.39 is 0 Å². The highest BCUT2D eigenvalue weighted by Crippen LogP contribution is 2.15. The summed E-state index contributed by atoms with van der Waals surface area (Å²) >= 11 is 5.91. The average molecular weight is 224 g/mol. The van der Waals surface area contributed by atoms with Crippen molar-refractivity contribution in [2.75, 3.05) is 12.4 Å². The van der Waals surface area contributed by atoms with Crippen molar-refractivity contribution >= 4 is 17.4 Å². The Hall–Kier alpha value is -1.62. The molecule has 6 heteroatoms. The third-order valence-corrected chi connectivity index (χ3v) is 2.35. The van der Waals surface area contributed by atoms with Crippen LogP contribution < -0.4 is 5.32 Å². The van der Waals surface area contributed by atoms with Gasteiger partial charge in [0.15, 0.2) is 5.82 Å². The summed E-state index contributed by atoms with van der Waals surface area (Å²) in [6.07, 6.45) is 3.20. The van der Waals surface area contributed by atoms with Gasteiger partial charge in [0.25, 0.3) is 0 Å². The topological polar surface area (TPSA) is 55.6 Å². The van der Waals surface area contributed by atoms with E-state index in [1.165, 1.54) is 6.33 Å². The zero-order valence-corrected chi connectivity index (χ0v) is 9.15. The molecule has 0 aliphatic rings. The Balaban J connectivity index is 2.44. The number of hydrogen-bond acceptors (Lipinski definition) is 4. The van der Waals surface area contributed by atoms with Gasteiger partial charge in [-0.25, -0.2) is 14.6 Å². The van der Waals surface area contributed by atoms with E-state index in [0.717, 1.165) is 11.5 Å². The molecule has 5 nitrogen and oxygen atoms in total. The zero-order chi connectivity index (χ0) is 10.8. The van der Waals surface area contributed by atoms with Crippen molar-refractivity contribution in [3.63, 3.8) is 0 Å². The molecule has 78 valence electrons. The van der Waals surface area contributed by atoms with Crippen molar-refractivity contribution in [2.24, 2.45) is 0 Å². The van der Waals surface area contributed by atoms with Crippen molar-refractivity contribution in [3.8, 4) is 5.82 Å². The van der Waals surface area contributed by atoms with E-state index in [1.54, 1.807) is 24.0 Å². The lowest BCUT2D eigenvalue weighted by atomic mass is 10.5. The molecular weight excluding hydrogens is 214 g/mol. The molecule has 2 heterocycles. The average Bonchev–Trinajstić information content (AvgIpc) is 2.59. The zero-order valence-electron chi connectivity index (χ0n) is 8.40. The largest absolute Gasteiger partial charge is 0.373 e. The first-order valence-corrected chi connectivity index (χ1v) is 4.80. The molecule has 0 spiro atoms. The van der Waals surface area contributed by atoms with Gasteiger partial charge < -0.3 is 5.32 Å². The van der Waals surface area contributed by atoms with Gasteiger partial charge in [-0.1, -0.05) is 11.6 Å². The number of rotatable bonds is 2. The summed E-state index contributed by atoms with van der Waals surface area (Å²) in [5.74, 6) is 1.42. The quantitative estimate of drug-likeness (QED) is 0.842. The van der Waals surface area contributed by atoms with Gasteiger partial charge in [-0.05, 0) is 6.92 Å². The molecule has 1 N–H and O–H groups in total. The smallest absolute Gasteiger partial charge is 0.158 e. The van der Waals surface area contributed by atoms with Crippen molar-refractivity contribution < 1.29 is 0 Å². The van der Waals surface area contributed by atoms with Gasteiger partial charge >= 0.3 is 0 Å². The molecule has 0 unspecified atom stereocenters. The molecule has 0 radical (unpaired) electrons. The van der Waals surface area contributed by atoms with E-state index in [1.807, 2.05) is 6.92 Å². The summed E-state index contributed by atoms with van der Waals surface area (Å²) in [6.45, 7) is 1.85. The highest BCUT2D eigenvalue weighted by atomic mass is 35.5. The summed E-state index contributed by atoms with van der Waals surface area (Å²) in [6, 6.07) is 1.79. The van der Waals surface area contributed by atoms with Crippen LogP contribution in [-0.2, 0) is 0 Å². The fourth-order valence-electron chi connectivity index (χ4n) is 1.17. The van der Waals surface area contributed by atoms with Gasteiger partial charge in [-0.15, -0.1) is 0 Å². The molecule has 2 aromatic heterocycles. The molecule has 0 saturated carbocycles. The van der Waals surface area contributed by atoms with E-state index in [9.17, 15) is 0 Å². The number of halogens is 1. The van der Waals surface area contributed by atoms with Crippen LogP contribution in [0.1, 0.15) is 5.69 Å². The molecule has 2 aromatic rings. The van der Waals surface area contributed by atoms with Crippen LogP contribution in [0.2, 0.25) is 5.02 Å². The Kier molecular flexibility index (Phi) is 2.55. The van der Waals surface area contributed by atoms with Gasteiger partial charge in [-0.3, -0.25) is 0 Å². The Morgan fingerprint density at radius 2 is 2.20 bits per heavy atom. The standard InChI is InChI=1S/C9H10ClN5/c1-6-7(10)4-15(14-6)9-3-8(11-2)12-5-13-9/h3-5H,1-2H3,(H,11,12,13). The maximum Gasteiger partial charge on any atom is 0.158 e. The maximum atomic E-state index is 5.91. The first kappa shape index (κ1) is 9.92. The van der Waals surface area contributed by atoms with Crippen LogP contribution in [0.5, 0.6) is 0 Å². The summed E-state index contributed by atoms with van der Waals surface area (Å²) in [7, 11) is 1.80. The van der Waals surface area contributed by atoms with Crippen molar-refractivity contribution in [1.29, 1.82) is 0 Å². The molecule has 0 fully saturated rings. The van der Waals surface area contributed by atoms with Gasteiger partial charge in [0.1, 0.15) is 12.1 Å². The highest BCUT2D eigenvalue weighted by molar-refractivity contribution is 6.31.